The predicted octanol–water partition coefficient (Wildman–Crippen LogP) is 1.50. The maximum absolute atomic E-state index is 12.9. The van der Waals surface area contributed by atoms with E-state index in [0.717, 1.165) is 22.8 Å². The van der Waals surface area contributed by atoms with Crippen molar-refractivity contribution in [2.45, 2.75) is 44.7 Å². The fourth-order valence-electron chi connectivity index (χ4n) is 3.04. The number of hydrogen-bond donors (Lipinski definition) is 1. The summed E-state index contributed by atoms with van der Waals surface area (Å²) in [6.45, 7) is 4.77. The summed E-state index contributed by atoms with van der Waals surface area (Å²) in [5.41, 5.74) is 2.81. The van der Waals surface area contributed by atoms with Crippen LogP contribution in [0.4, 0.5) is 0 Å². The largest absolute Gasteiger partial charge is 0.349 e. The lowest BCUT2D eigenvalue weighted by atomic mass is 10.2. The number of nitrogens with zero attached hydrogens (tertiary/aromatic N) is 3. The van der Waals surface area contributed by atoms with Crippen LogP contribution in [0.25, 0.3) is 0 Å². The fourth-order valence-corrected chi connectivity index (χ4v) is 4.45. The van der Waals surface area contributed by atoms with Crippen LogP contribution in [0.3, 0.4) is 0 Å². The molecule has 0 radical (unpaired) electrons. The molecule has 0 atom stereocenters. The summed E-state index contributed by atoms with van der Waals surface area (Å²) in [5, 5.41) is 2.82. The summed E-state index contributed by atoms with van der Waals surface area (Å²) in [6.07, 6.45) is 0.989. The molecule has 1 N–H and O–H groups in total. The van der Waals surface area contributed by atoms with Crippen molar-refractivity contribution in [2.24, 2.45) is 7.05 Å². The Morgan fingerprint density at radius 1 is 1.27 bits per heavy atom. The number of fused-ring (bicyclic) bond motifs is 1. The van der Waals surface area contributed by atoms with Crippen molar-refractivity contribution >= 4 is 15.9 Å². The number of benzene rings is 1. The summed E-state index contributed by atoms with van der Waals surface area (Å²) in [7, 11) is -1.67. The Hall–Kier alpha value is -2.19. The van der Waals surface area contributed by atoms with Crippen molar-refractivity contribution in [3.63, 3.8) is 0 Å². The highest BCUT2D eigenvalue weighted by Gasteiger charge is 2.31. The molecule has 0 aliphatic carbocycles. The smallest absolute Gasteiger partial charge is 0.243 e. The van der Waals surface area contributed by atoms with Crippen molar-refractivity contribution in [1.29, 1.82) is 0 Å². The summed E-state index contributed by atoms with van der Waals surface area (Å²) in [5.74, 6) is 0.709. The predicted molar refractivity (Wildman–Crippen MR) is 97.8 cm³/mol. The van der Waals surface area contributed by atoms with Crippen LogP contribution in [0.2, 0.25) is 0 Å². The molecule has 1 aromatic heterocycles. The Kier molecular flexibility index (Phi) is 5.15. The zero-order valence-corrected chi connectivity index (χ0v) is 16.1. The van der Waals surface area contributed by atoms with Crippen LogP contribution >= 0.6 is 0 Å². The van der Waals surface area contributed by atoms with Crippen LogP contribution in [-0.4, -0.2) is 34.7 Å². The number of sulfonamides is 1. The second kappa shape index (κ2) is 7.20. The molecule has 140 valence electrons. The fraction of sp³-hybridized carbons (Fsp3) is 0.444. The highest BCUT2D eigenvalue weighted by Crippen LogP contribution is 2.25. The van der Waals surface area contributed by atoms with E-state index in [1.807, 2.05) is 18.5 Å². The van der Waals surface area contributed by atoms with Gasteiger partial charge in [0.1, 0.15) is 5.82 Å². The van der Waals surface area contributed by atoms with Gasteiger partial charge in [-0.3, -0.25) is 4.79 Å². The van der Waals surface area contributed by atoms with E-state index in [0.29, 0.717) is 30.8 Å². The van der Waals surface area contributed by atoms with Gasteiger partial charge in [-0.1, -0.05) is 24.6 Å². The van der Waals surface area contributed by atoms with E-state index in [4.69, 9.17) is 0 Å². The number of rotatable bonds is 5. The van der Waals surface area contributed by atoms with E-state index >= 15 is 0 Å². The topological polar surface area (TPSA) is 84.3 Å². The van der Waals surface area contributed by atoms with Crippen molar-refractivity contribution in [3.8, 4) is 0 Å². The lowest BCUT2D eigenvalue weighted by molar-refractivity contribution is -0.120. The van der Waals surface area contributed by atoms with Crippen molar-refractivity contribution in [3.05, 3.63) is 47.0 Å². The number of carbonyl (C=O) groups excluding carboxylic acids is 1. The third-order valence-corrected chi connectivity index (χ3v) is 6.60. The number of aromatic nitrogens is 2. The van der Waals surface area contributed by atoms with Crippen LogP contribution in [0.5, 0.6) is 0 Å². The minimum atomic E-state index is -3.54. The number of hydrogen-bond acceptors (Lipinski definition) is 4. The van der Waals surface area contributed by atoms with Crippen LogP contribution in [0, 0.1) is 6.92 Å². The Morgan fingerprint density at radius 2 is 1.96 bits per heavy atom. The van der Waals surface area contributed by atoms with Gasteiger partial charge in [-0.05, 0) is 19.1 Å². The summed E-state index contributed by atoms with van der Waals surface area (Å²) in [6, 6.07) is 6.91. The maximum Gasteiger partial charge on any atom is 0.243 e. The molecule has 2 heterocycles. The number of imidazole rings is 1. The number of carbonyl (C=O) groups is 1. The molecule has 1 aromatic carbocycles. The van der Waals surface area contributed by atoms with E-state index in [1.165, 1.54) is 4.31 Å². The third-order valence-electron chi connectivity index (χ3n) is 4.74. The normalized spacial score (nSPS) is 14.9. The molecule has 3 rings (SSSR count). The molecule has 0 fully saturated rings. The Labute approximate surface area is 154 Å². The molecule has 0 saturated heterocycles. The highest BCUT2D eigenvalue weighted by molar-refractivity contribution is 7.89. The Bertz CT molecular complexity index is 917. The summed E-state index contributed by atoms with van der Waals surface area (Å²) >= 11 is 0. The van der Waals surface area contributed by atoms with Gasteiger partial charge in [0.2, 0.25) is 15.9 Å². The van der Waals surface area contributed by atoms with Gasteiger partial charge in [0.25, 0.3) is 0 Å². The lowest BCUT2D eigenvalue weighted by Crippen LogP contribution is -2.36. The first kappa shape index (κ1) is 18.6. The van der Waals surface area contributed by atoms with Gasteiger partial charge in [-0.15, -0.1) is 0 Å². The molecule has 1 aliphatic rings. The molecule has 0 bridgehead atoms. The maximum atomic E-state index is 12.9. The van der Waals surface area contributed by atoms with Gasteiger partial charge < -0.3 is 9.88 Å². The molecular weight excluding hydrogens is 352 g/mol. The zero-order chi connectivity index (χ0) is 18.9. The SMILES string of the molecule is CCC(=O)NCc1nc2c(n1C)CN(S(=O)(=O)c1ccc(C)cc1)CC2. The summed E-state index contributed by atoms with van der Waals surface area (Å²) < 4.78 is 29.2. The first-order chi connectivity index (χ1) is 12.3. The van der Waals surface area contributed by atoms with Crippen LogP contribution in [0.15, 0.2) is 29.2 Å². The number of aryl methyl sites for hydroxylation is 1. The molecule has 0 spiro atoms. The first-order valence-corrected chi connectivity index (χ1v) is 10.1. The first-order valence-electron chi connectivity index (χ1n) is 8.69. The van der Waals surface area contributed by atoms with E-state index in [1.54, 1.807) is 31.2 Å². The average molecular weight is 376 g/mol. The second-order valence-corrected chi connectivity index (χ2v) is 8.45. The number of nitrogens with one attached hydrogen (secondary N) is 1. The van der Waals surface area contributed by atoms with Crippen LogP contribution in [-0.2, 0) is 41.4 Å². The molecule has 26 heavy (non-hydrogen) atoms. The van der Waals surface area contributed by atoms with Gasteiger partial charge in [0.15, 0.2) is 0 Å². The summed E-state index contributed by atoms with van der Waals surface area (Å²) in [4.78, 5) is 16.4. The standard InChI is InChI=1S/C18H24N4O3S/c1-4-18(23)19-11-17-20-15-9-10-22(12-16(15)21(17)3)26(24,25)14-7-5-13(2)6-8-14/h5-8H,4,9-12H2,1-3H3,(H,19,23). The molecular formula is C18H24N4O3S. The molecule has 2 aromatic rings. The Morgan fingerprint density at radius 3 is 2.62 bits per heavy atom. The van der Waals surface area contributed by atoms with Gasteiger partial charge in [0.05, 0.1) is 29.4 Å². The Balaban J connectivity index is 1.82. The molecule has 0 unspecified atom stereocenters. The molecule has 1 amide bonds. The molecule has 8 heteroatoms. The minimum absolute atomic E-state index is 0.0328. The van der Waals surface area contributed by atoms with E-state index in [9.17, 15) is 13.2 Å². The van der Waals surface area contributed by atoms with Gasteiger partial charge in [0, 0.05) is 26.4 Å². The minimum Gasteiger partial charge on any atom is -0.349 e. The van der Waals surface area contributed by atoms with Crippen molar-refractivity contribution < 1.29 is 13.2 Å². The van der Waals surface area contributed by atoms with Crippen LogP contribution < -0.4 is 5.32 Å². The monoisotopic (exact) mass is 376 g/mol. The molecule has 1 aliphatic heterocycles. The number of amides is 1. The van der Waals surface area contributed by atoms with Gasteiger partial charge >= 0.3 is 0 Å². The highest BCUT2D eigenvalue weighted by atomic mass is 32.2. The zero-order valence-electron chi connectivity index (χ0n) is 15.3. The molecule has 7 nitrogen and oxygen atoms in total. The second-order valence-electron chi connectivity index (χ2n) is 6.51. The van der Waals surface area contributed by atoms with E-state index < -0.39 is 10.0 Å². The lowest BCUT2D eigenvalue weighted by Gasteiger charge is -2.26. The van der Waals surface area contributed by atoms with E-state index in [2.05, 4.69) is 10.3 Å². The van der Waals surface area contributed by atoms with Gasteiger partial charge in [-0.25, -0.2) is 13.4 Å². The quantitative estimate of drug-likeness (QED) is 0.857. The van der Waals surface area contributed by atoms with Crippen molar-refractivity contribution in [2.75, 3.05) is 6.54 Å². The van der Waals surface area contributed by atoms with Crippen LogP contribution in [0.1, 0.15) is 36.1 Å². The van der Waals surface area contributed by atoms with E-state index in [-0.39, 0.29) is 12.5 Å². The van der Waals surface area contributed by atoms with Gasteiger partial charge in [-0.2, -0.15) is 4.31 Å². The molecule has 0 saturated carbocycles. The average Bonchev–Trinajstić information content (AvgIpc) is 2.95. The third kappa shape index (κ3) is 3.52. The van der Waals surface area contributed by atoms with Crippen molar-refractivity contribution in [1.82, 2.24) is 19.2 Å².